The number of guanidine groups is 1. The monoisotopic (exact) mass is 363 g/mol. The van der Waals surface area contributed by atoms with E-state index < -0.39 is 0 Å². The molecule has 0 saturated carbocycles. The predicted molar refractivity (Wildman–Crippen MR) is 109 cm³/mol. The van der Waals surface area contributed by atoms with Crippen molar-refractivity contribution < 1.29 is 0 Å². The first-order valence-corrected chi connectivity index (χ1v) is 10.5. The van der Waals surface area contributed by atoms with Crippen molar-refractivity contribution in [3.63, 3.8) is 0 Å². The van der Waals surface area contributed by atoms with E-state index in [9.17, 15) is 0 Å². The molecule has 1 aromatic rings. The standard InChI is InChI=1S/C19H33N5S/c1-5-20-18(22-15-19(2,3)25-4)23-16-9-12-24(13-10-16)14-17-8-6-7-11-21-17/h6-8,11,16H,5,9-10,12-15H2,1-4H3,(H2,20,22,23). The van der Waals surface area contributed by atoms with Crippen molar-refractivity contribution in [3.05, 3.63) is 30.1 Å². The molecule has 0 aromatic carbocycles. The van der Waals surface area contributed by atoms with Crippen molar-refractivity contribution in [2.24, 2.45) is 4.99 Å². The van der Waals surface area contributed by atoms with Gasteiger partial charge in [-0.05, 0) is 52.0 Å². The number of nitrogens with one attached hydrogen (secondary N) is 2. The zero-order valence-electron chi connectivity index (χ0n) is 16.1. The van der Waals surface area contributed by atoms with Crippen LogP contribution in [0.15, 0.2) is 29.4 Å². The van der Waals surface area contributed by atoms with Gasteiger partial charge >= 0.3 is 0 Å². The molecule has 0 aliphatic carbocycles. The molecule has 0 amide bonds. The van der Waals surface area contributed by atoms with E-state index in [0.717, 1.165) is 57.2 Å². The first kappa shape index (κ1) is 20.0. The Labute approximate surface area is 157 Å². The number of likely N-dealkylation sites (tertiary alicyclic amines) is 1. The number of aromatic nitrogens is 1. The van der Waals surface area contributed by atoms with Crippen molar-refractivity contribution >= 4 is 17.7 Å². The molecular weight excluding hydrogens is 330 g/mol. The fraction of sp³-hybridized carbons (Fsp3) is 0.684. The van der Waals surface area contributed by atoms with Crippen LogP contribution in [0.25, 0.3) is 0 Å². The summed E-state index contributed by atoms with van der Waals surface area (Å²) in [4.78, 5) is 11.7. The number of rotatable bonds is 7. The van der Waals surface area contributed by atoms with Gasteiger partial charge in [0.25, 0.3) is 0 Å². The fourth-order valence-corrected chi connectivity index (χ4v) is 3.00. The largest absolute Gasteiger partial charge is 0.357 e. The van der Waals surface area contributed by atoms with E-state index in [1.54, 1.807) is 0 Å². The Morgan fingerprint density at radius 1 is 1.36 bits per heavy atom. The molecule has 6 heteroatoms. The molecule has 0 unspecified atom stereocenters. The van der Waals surface area contributed by atoms with E-state index in [-0.39, 0.29) is 4.75 Å². The third-order valence-corrected chi connectivity index (χ3v) is 5.79. The number of nitrogens with zero attached hydrogens (tertiary/aromatic N) is 3. The van der Waals surface area contributed by atoms with Crippen LogP contribution in [-0.2, 0) is 6.54 Å². The van der Waals surface area contributed by atoms with E-state index in [1.807, 2.05) is 24.0 Å². The predicted octanol–water partition coefficient (Wildman–Crippen LogP) is 2.74. The number of pyridine rings is 1. The molecule has 0 radical (unpaired) electrons. The smallest absolute Gasteiger partial charge is 0.191 e. The maximum atomic E-state index is 4.79. The van der Waals surface area contributed by atoms with Gasteiger partial charge in [-0.15, -0.1) is 0 Å². The van der Waals surface area contributed by atoms with E-state index in [0.29, 0.717) is 6.04 Å². The second kappa shape index (κ2) is 10.0. The minimum absolute atomic E-state index is 0.175. The molecule has 1 aliphatic heterocycles. The average molecular weight is 364 g/mol. The SMILES string of the molecule is CCNC(=NCC(C)(C)SC)NC1CCN(Cc2ccccn2)CC1. The van der Waals surface area contributed by atoms with Crippen LogP contribution in [0, 0.1) is 0 Å². The summed E-state index contributed by atoms with van der Waals surface area (Å²) in [5, 5.41) is 7.01. The summed E-state index contributed by atoms with van der Waals surface area (Å²) in [6.07, 6.45) is 6.30. The van der Waals surface area contributed by atoms with Gasteiger partial charge in [-0.2, -0.15) is 11.8 Å². The number of hydrogen-bond donors (Lipinski definition) is 2. The van der Waals surface area contributed by atoms with Gasteiger partial charge in [-0.1, -0.05) is 6.07 Å². The maximum absolute atomic E-state index is 4.79. The quantitative estimate of drug-likeness (QED) is 0.576. The van der Waals surface area contributed by atoms with Gasteiger partial charge in [-0.3, -0.25) is 14.9 Å². The van der Waals surface area contributed by atoms with Gasteiger partial charge in [0.15, 0.2) is 5.96 Å². The Hall–Kier alpha value is -1.27. The van der Waals surface area contributed by atoms with Crippen LogP contribution < -0.4 is 10.6 Å². The highest BCUT2D eigenvalue weighted by atomic mass is 32.2. The topological polar surface area (TPSA) is 52.6 Å². The van der Waals surface area contributed by atoms with Gasteiger partial charge in [0.1, 0.15) is 0 Å². The molecule has 1 fully saturated rings. The van der Waals surface area contributed by atoms with E-state index in [1.165, 1.54) is 0 Å². The summed E-state index contributed by atoms with van der Waals surface area (Å²) < 4.78 is 0.175. The summed E-state index contributed by atoms with van der Waals surface area (Å²) in [6.45, 7) is 11.5. The van der Waals surface area contributed by atoms with Crippen LogP contribution in [0.5, 0.6) is 0 Å². The lowest BCUT2D eigenvalue weighted by Gasteiger charge is -2.33. The Kier molecular flexibility index (Phi) is 8.03. The number of piperidine rings is 1. The lowest BCUT2D eigenvalue weighted by atomic mass is 10.0. The highest BCUT2D eigenvalue weighted by Crippen LogP contribution is 2.21. The second-order valence-electron chi connectivity index (χ2n) is 7.17. The molecular formula is C19H33N5S. The minimum atomic E-state index is 0.175. The van der Waals surface area contributed by atoms with E-state index in [2.05, 4.69) is 59.7 Å². The van der Waals surface area contributed by atoms with Crippen molar-refractivity contribution in [1.82, 2.24) is 20.5 Å². The van der Waals surface area contributed by atoms with Crippen molar-refractivity contribution in [1.29, 1.82) is 0 Å². The second-order valence-corrected chi connectivity index (χ2v) is 8.69. The van der Waals surface area contributed by atoms with Gasteiger partial charge < -0.3 is 10.6 Å². The van der Waals surface area contributed by atoms with Gasteiger partial charge in [0.2, 0.25) is 0 Å². The van der Waals surface area contributed by atoms with E-state index in [4.69, 9.17) is 4.99 Å². The lowest BCUT2D eigenvalue weighted by Crippen LogP contribution is -2.48. The maximum Gasteiger partial charge on any atom is 0.191 e. The molecule has 2 heterocycles. The van der Waals surface area contributed by atoms with Crippen LogP contribution >= 0.6 is 11.8 Å². The van der Waals surface area contributed by atoms with Crippen molar-refractivity contribution in [3.8, 4) is 0 Å². The molecule has 2 N–H and O–H groups in total. The lowest BCUT2D eigenvalue weighted by molar-refractivity contribution is 0.196. The van der Waals surface area contributed by atoms with Crippen LogP contribution in [0.3, 0.4) is 0 Å². The third kappa shape index (κ3) is 7.24. The van der Waals surface area contributed by atoms with Crippen LogP contribution in [0.4, 0.5) is 0 Å². The van der Waals surface area contributed by atoms with Crippen molar-refractivity contribution in [2.45, 2.75) is 50.9 Å². The van der Waals surface area contributed by atoms with Crippen LogP contribution in [0.1, 0.15) is 39.3 Å². The molecule has 1 aliphatic rings. The van der Waals surface area contributed by atoms with Gasteiger partial charge in [0.05, 0.1) is 12.2 Å². The fourth-order valence-electron chi connectivity index (χ4n) is 2.80. The minimum Gasteiger partial charge on any atom is -0.357 e. The number of hydrogen-bond acceptors (Lipinski definition) is 4. The summed E-state index contributed by atoms with van der Waals surface area (Å²) >= 11 is 1.86. The number of aliphatic imine (C=N–C) groups is 1. The Bertz CT molecular complexity index is 524. The molecule has 2 rings (SSSR count). The molecule has 0 atom stereocenters. The summed E-state index contributed by atoms with van der Waals surface area (Å²) in [5.41, 5.74) is 1.16. The zero-order valence-corrected chi connectivity index (χ0v) is 16.9. The molecule has 0 spiro atoms. The molecule has 25 heavy (non-hydrogen) atoms. The first-order chi connectivity index (χ1) is 12.0. The Morgan fingerprint density at radius 2 is 2.12 bits per heavy atom. The molecule has 0 bridgehead atoms. The zero-order chi connectivity index (χ0) is 18.1. The highest BCUT2D eigenvalue weighted by molar-refractivity contribution is 7.99. The van der Waals surface area contributed by atoms with Crippen LogP contribution in [0.2, 0.25) is 0 Å². The molecule has 140 valence electrons. The van der Waals surface area contributed by atoms with Gasteiger partial charge in [0, 0.05) is 43.2 Å². The Morgan fingerprint density at radius 3 is 2.72 bits per heavy atom. The molecule has 1 aromatic heterocycles. The summed E-state index contributed by atoms with van der Waals surface area (Å²) in [6, 6.07) is 6.63. The molecule has 1 saturated heterocycles. The van der Waals surface area contributed by atoms with Gasteiger partial charge in [-0.25, -0.2) is 0 Å². The summed E-state index contributed by atoms with van der Waals surface area (Å²) in [5.74, 6) is 0.952. The van der Waals surface area contributed by atoms with E-state index >= 15 is 0 Å². The van der Waals surface area contributed by atoms with Crippen molar-refractivity contribution in [2.75, 3.05) is 32.4 Å². The number of thioether (sulfide) groups is 1. The molecule has 5 nitrogen and oxygen atoms in total. The third-order valence-electron chi connectivity index (χ3n) is 4.55. The normalized spacial score (nSPS) is 17.5. The summed E-state index contributed by atoms with van der Waals surface area (Å²) in [7, 11) is 0. The highest BCUT2D eigenvalue weighted by Gasteiger charge is 2.21. The van der Waals surface area contributed by atoms with Crippen LogP contribution in [-0.4, -0.2) is 59.1 Å². The Balaban J connectivity index is 1.81. The first-order valence-electron chi connectivity index (χ1n) is 9.24. The average Bonchev–Trinajstić information content (AvgIpc) is 2.62.